The Kier molecular flexibility index (Phi) is 7.99. The summed E-state index contributed by atoms with van der Waals surface area (Å²) < 4.78 is 52.5. The van der Waals surface area contributed by atoms with Crippen molar-refractivity contribution in [2.75, 3.05) is 38.2 Å². The number of ether oxygens (including phenoxy) is 3. The van der Waals surface area contributed by atoms with Crippen LogP contribution in [0.4, 0.5) is 18.9 Å². The van der Waals surface area contributed by atoms with E-state index in [1.807, 2.05) is 0 Å². The van der Waals surface area contributed by atoms with E-state index in [-0.39, 0.29) is 36.9 Å². The van der Waals surface area contributed by atoms with Gasteiger partial charge in [-0.15, -0.1) is 13.2 Å². The van der Waals surface area contributed by atoms with Gasteiger partial charge >= 0.3 is 6.36 Å². The van der Waals surface area contributed by atoms with Gasteiger partial charge in [0.1, 0.15) is 19.0 Å². The lowest BCUT2D eigenvalue weighted by Gasteiger charge is -2.21. The van der Waals surface area contributed by atoms with Crippen LogP contribution in [-0.2, 0) is 16.1 Å². The first-order chi connectivity index (χ1) is 15.7. The van der Waals surface area contributed by atoms with Crippen molar-refractivity contribution in [3.8, 4) is 17.2 Å². The molecule has 0 aliphatic carbocycles. The van der Waals surface area contributed by atoms with Crippen LogP contribution in [0.1, 0.15) is 12.5 Å². The molecule has 0 unspecified atom stereocenters. The maximum absolute atomic E-state index is 12.5. The van der Waals surface area contributed by atoms with E-state index in [0.717, 1.165) is 0 Å². The van der Waals surface area contributed by atoms with Crippen molar-refractivity contribution in [1.29, 1.82) is 0 Å². The Hall–Kier alpha value is -3.47. The number of fused-ring (bicyclic) bond motifs is 1. The second kappa shape index (κ2) is 10.9. The third-order valence-electron chi connectivity index (χ3n) is 4.68. The molecule has 1 aliphatic heterocycles. The minimum Gasteiger partial charge on any atom is -0.486 e. The van der Waals surface area contributed by atoms with Gasteiger partial charge < -0.3 is 24.8 Å². The summed E-state index contributed by atoms with van der Waals surface area (Å²) in [5.41, 5.74) is 0.716. The molecule has 2 aromatic carbocycles. The number of amides is 2. The molecular formula is C22H24F3N3O5. The van der Waals surface area contributed by atoms with Gasteiger partial charge in [0.15, 0.2) is 11.5 Å². The molecule has 0 saturated heterocycles. The SMILES string of the molecule is CCN(CC(=O)NCc1ccccc1OC(F)(F)F)CC(=O)Nc1ccc2c(c1)OCCO2. The maximum Gasteiger partial charge on any atom is 0.573 e. The van der Waals surface area contributed by atoms with E-state index >= 15 is 0 Å². The second-order valence-corrected chi connectivity index (χ2v) is 7.14. The molecule has 1 heterocycles. The number of para-hydroxylation sites is 1. The zero-order valence-electron chi connectivity index (χ0n) is 17.9. The summed E-state index contributed by atoms with van der Waals surface area (Å²) in [6.45, 7) is 2.79. The lowest BCUT2D eigenvalue weighted by atomic mass is 10.2. The number of likely N-dealkylation sites (N-methyl/N-ethyl adjacent to an activating group) is 1. The summed E-state index contributed by atoms with van der Waals surface area (Å²) in [5.74, 6) is 0.00127. The number of anilines is 1. The van der Waals surface area contributed by atoms with Crippen molar-refractivity contribution in [3.05, 3.63) is 48.0 Å². The van der Waals surface area contributed by atoms with Crippen molar-refractivity contribution >= 4 is 17.5 Å². The number of benzene rings is 2. The van der Waals surface area contributed by atoms with Crippen molar-refractivity contribution in [3.63, 3.8) is 0 Å². The molecule has 2 N–H and O–H groups in total. The number of hydrogen-bond donors (Lipinski definition) is 2. The smallest absolute Gasteiger partial charge is 0.486 e. The zero-order chi connectivity index (χ0) is 23.8. The lowest BCUT2D eigenvalue weighted by molar-refractivity contribution is -0.274. The third-order valence-corrected chi connectivity index (χ3v) is 4.68. The number of carbonyl (C=O) groups is 2. The van der Waals surface area contributed by atoms with Gasteiger partial charge in [-0.05, 0) is 24.7 Å². The second-order valence-electron chi connectivity index (χ2n) is 7.14. The summed E-state index contributed by atoms with van der Waals surface area (Å²) in [5, 5.41) is 5.30. The average molecular weight is 467 g/mol. The van der Waals surface area contributed by atoms with E-state index in [4.69, 9.17) is 9.47 Å². The van der Waals surface area contributed by atoms with Gasteiger partial charge in [0.2, 0.25) is 11.8 Å². The van der Waals surface area contributed by atoms with Crippen molar-refractivity contribution < 1.29 is 37.0 Å². The molecule has 0 fully saturated rings. The molecule has 0 spiro atoms. The maximum atomic E-state index is 12.5. The molecule has 11 heteroatoms. The fourth-order valence-corrected chi connectivity index (χ4v) is 3.13. The van der Waals surface area contributed by atoms with E-state index in [1.54, 1.807) is 36.1 Å². The average Bonchev–Trinajstić information content (AvgIpc) is 2.77. The molecule has 0 radical (unpaired) electrons. The summed E-state index contributed by atoms with van der Waals surface area (Å²) in [6, 6.07) is 10.6. The van der Waals surface area contributed by atoms with Gasteiger partial charge in [0, 0.05) is 23.9 Å². The minimum atomic E-state index is -4.83. The predicted molar refractivity (Wildman–Crippen MR) is 113 cm³/mol. The number of nitrogens with one attached hydrogen (secondary N) is 2. The van der Waals surface area contributed by atoms with Crippen LogP contribution in [-0.4, -0.2) is 55.9 Å². The molecule has 2 aromatic rings. The summed E-state index contributed by atoms with van der Waals surface area (Å²) in [6.07, 6.45) is -4.83. The Morgan fingerprint density at radius 2 is 1.73 bits per heavy atom. The van der Waals surface area contributed by atoms with Gasteiger partial charge in [-0.25, -0.2) is 0 Å². The first-order valence-electron chi connectivity index (χ1n) is 10.3. The molecule has 3 rings (SSSR count). The van der Waals surface area contributed by atoms with Crippen LogP contribution in [0, 0.1) is 0 Å². The molecule has 2 amide bonds. The van der Waals surface area contributed by atoms with Gasteiger partial charge in [-0.3, -0.25) is 14.5 Å². The molecular weight excluding hydrogens is 443 g/mol. The highest BCUT2D eigenvalue weighted by Gasteiger charge is 2.32. The minimum absolute atomic E-state index is 0.0495. The lowest BCUT2D eigenvalue weighted by Crippen LogP contribution is -2.40. The fraction of sp³-hybridized carbons (Fsp3) is 0.364. The molecule has 0 saturated carbocycles. The van der Waals surface area contributed by atoms with Crippen LogP contribution in [0.25, 0.3) is 0 Å². The van der Waals surface area contributed by atoms with Crippen LogP contribution in [0.15, 0.2) is 42.5 Å². The molecule has 1 aliphatic rings. The van der Waals surface area contributed by atoms with Gasteiger partial charge in [0.05, 0.1) is 13.1 Å². The van der Waals surface area contributed by atoms with Crippen molar-refractivity contribution in [2.45, 2.75) is 19.8 Å². The fourth-order valence-electron chi connectivity index (χ4n) is 3.13. The quantitative estimate of drug-likeness (QED) is 0.590. The first kappa shape index (κ1) is 24.2. The molecule has 33 heavy (non-hydrogen) atoms. The number of carbonyl (C=O) groups excluding carboxylic acids is 2. The Balaban J connectivity index is 1.49. The third kappa shape index (κ3) is 7.56. The van der Waals surface area contributed by atoms with Crippen LogP contribution in [0.3, 0.4) is 0 Å². The monoisotopic (exact) mass is 467 g/mol. The molecule has 0 aromatic heterocycles. The topological polar surface area (TPSA) is 89.1 Å². The van der Waals surface area contributed by atoms with E-state index in [2.05, 4.69) is 15.4 Å². The number of alkyl halides is 3. The highest BCUT2D eigenvalue weighted by Crippen LogP contribution is 2.32. The summed E-state index contributed by atoms with van der Waals surface area (Å²) in [4.78, 5) is 26.3. The van der Waals surface area contributed by atoms with Crippen molar-refractivity contribution in [2.24, 2.45) is 0 Å². The molecule has 8 nitrogen and oxygen atoms in total. The Bertz CT molecular complexity index is 984. The van der Waals surface area contributed by atoms with E-state index < -0.39 is 12.3 Å². The van der Waals surface area contributed by atoms with E-state index in [1.165, 1.54) is 18.2 Å². The molecule has 0 atom stereocenters. The standard InChI is InChI=1S/C22H24F3N3O5/c1-2-28(14-21(30)27-16-7-8-18-19(11-16)32-10-9-31-18)13-20(29)26-12-15-5-3-4-6-17(15)33-22(23,24)25/h3-8,11H,2,9-10,12-14H2,1H3,(H,26,29)(H,27,30). The van der Waals surface area contributed by atoms with Crippen molar-refractivity contribution in [1.82, 2.24) is 10.2 Å². The van der Waals surface area contributed by atoms with Gasteiger partial charge in [-0.1, -0.05) is 25.1 Å². The number of rotatable bonds is 9. The van der Waals surface area contributed by atoms with Gasteiger partial charge in [0.25, 0.3) is 0 Å². The zero-order valence-corrected chi connectivity index (χ0v) is 17.9. The van der Waals surface area contributed by atoms with Gasteiger partial charge in [-0.2, -0.15) is 0 Å². The summed E-state index contributed by atoms with van der Waals surface area (Å²) >= 11 is 0. The van der Waals surface area contributed by atoms with Crippen LogP contribution in [0.5, 0.6) is 17.2 Å². The van der Waals surface area contributed by atoms with Crippen LogP contribution in [0.2, 0.25) is 0 Å². The number of halogens is 3. The summed E-state index contributed by atoms with van der Waals surface area (Å²) in [7, 11) is 0. The largest absolute Gasteiger partial charge is 0.573 e. The highest BCUT2D eigenvalue weighted by atomic mass is 19.4. The number of hydrogen-bond acceptors (Lipinski definition) is 6. The Morgan fingerprint density at radius 3 is 2.45 bits per heavy atom. The number of nitrogens with zero attached hydrogens (tertiary/aromatic N) is 1. The predicted octanol–water partition coefficient (Wildman–Crippen LogP) is 2.93. The van der Waals surface area contributed by atoms with E-state index in [0.29, 0.717) is 36.9 Å². The Morgan fingerprint density at radius 1 is 1.03 bits per heavy atom. The van der Waals surface area contributed by atoms with Crippen LogP contribution < -0.4 is 24.8 Å². The molecule has 0 bridgehead atoms. The Labute approximate surface area is 188 Å². The normalized spacial score (nSPS) is 12.9. The first-order valence-corrected chi connectivity index (χ1v) is 10.3. The highest BCUT2D eigenvalue weighted by molar-refractivity contribution is 5.93. The van der Waals surface area contributed by atoms with E-state index in [9.17, 15) is 22.8 Å². The molecule has 178 valence electrons. The van der Waals surface area contributed by atoms with Crippen LogP contribution >= 0.6 is 0 Å².